The van der Waals surface area contributed by atoms with Gasteiger partial charge in [-0.2, -0.15) is 5.10 Å². The Bertz CT molecular complexity index is 450. The lowest BCUT2D eigenvalue weighted by Gasteiger charge is -2.33. The third-order valence-electron chi connectivity index (χ3n) is 4.50. The summed E-state index contributed by atoms with van der Waals surface area (Å²) in [5, 5.41) is 7.43. The fourth-order valence-electron chi connectivity index (χ4n) is 3.05. The number of hydrogen-bond acceptors (Lipinski definition) is 3. The molecule has 1 atom stereocenters. The van der Waals surface area contributed by atoms with Crippen LogP contribution < -0.4 is 5.32 Å². The Kier molecular flexibility index (Phi) is 4.43. The molecule has 2 amide bonds. The first-order chi connectivity index (χ1) is 10.3. The standard InChI is InChI=1S/C15H24N4O2/c1-21-11-14(12-3-4-12)17-15(20)18-9-5-13(6-10-18)19-8-2-7-16-19/h2,7-8,12-14H,3-6,9-11H2,1H3,(H,17,20). The summed E-state index contributed by atoms with van der Waals surface area (Å²) in [5.74, 6) is 0.607. The third kappa shape index (κ3) is 3.56. The van der Waals surface area contributed by atoms with Crippen molar-refractivity contribution in [3.05, 3.63) is 18.5 Å². The normalized spacial score (nSPS) is 21.3. The number of ether oxygens (including phenoxy) is 1. The van der Waals surface area contributed by atoms with E-state index in [0.29, 0.717) is 18.6 Å². The van der Waals surface area contributed by atoms with Gasteiger partial charge in [-0.15, -0.1) is 0 Å². The molecule has 1 saturated heterocycles. The van der Waals surface area contributed by atoms with Crippen LogP contribution >= 0.6 is 0 Å². The van der Waals surface area contributed by atoms with Crippen molar-refractivity contribution in [2.24, 2.45) is 5.92 Å². The average molecular weight is 292 g/mol. The molecule has 1 aromatic heterocycles. The predicted octanol–water partition coefficient (Wildman–Crippen LogP) is 1.65. The lowest BCUT2D eigenvalue weighted by Crippen LogP contribution is -2.49. The highest BCUT2D eigenvalue weighted by Gasteiger charge is 2.33. The summed E-state index contributed by atoms with van der Waals surface area (Å²) in [6.45, 7) is 2.20. The molecular formula is C15H24N4O2. The molecule has 2 fully saturated rings. The first-order valence-electron chi connectivity index (χ1n) is 7.81. The average Bonchev–Trinajstić information content (AvgIpc) is 3.21. The third-order valence-corrected chi connectivity index (χ3v) is 4.50. The molecule has 0 bridgehead atoms. The summed E-state index contributed by atoms with van der Waals surface area (Å²) in [5.41, 5.74) is 0. The summed E-state index contributed by atoms with van der Waals surface area (Å²) in [6, 6.07) is 2.60. The van der Waals surface area contributed by atoms with Crippen LogP contribution in [-0.2, 0) is 4.74 Å². The van der Waals surface area contributed by atoms with Crippen molar-refractivity contribution in [2.75, 3.05) is 26.8 Å². The van der Waals surface area contributed by atoms with E-state index in [9.17, 15) is 4.79 Å². The minimum Gasteiger partial charge on any atom is -0.383 e. The Morgan fingerprint density at radius 2 is 2.14 bits per heavy atom. The highest BCUT2D eigenvalue weighted by atomic mass is 16.5. The van der Waals surface area contributed by atoms with Gasteiger partial charge >= 0.3 is 6.03 Å². The zero-order chi connectivity index (χ0) is 14.7. The predicted molar refractivity (Wildman–Crippen MR) is 79.0 cm³/mol. The molecule has 1 aliphatic carbocycles. The van der Waals surface area contributed by atoms with Crippen molar-refractivity contribution in [3.63, 3.8) is 0 Å². The highest BCUT2D eigenvalue weighted by Crippen LogP contribution is 2.33. The monoisotopic (exact) mass is 292 g/mol. The zero-order valence-corrected chi connectivity index (χ0v) is 12.6. The number of nitrogens with one attached hydrogen (secondary N) is 1. The van der Waals surface area contributed by atoms with E-state index < -0.39 is 0 Å². The number of methoxy groups -OCH3 is 1. The maximum atomic E-state index is 12.3. The van der Waals surface area contributed by atoms with Crippen LogP contribution in [0.2, 0.25) is 0 Å². The number of piperidine rings is 1. The minimum absolute atomic E-state index is 0.0582. The SMILES string of the molecule is COCC(NC(=O)N1CCC(n2cccn2)CC1)C1CC1. The molecule has 116 valence electrons. The van der Waals surface area contributed by atoms with Crippen molar-refractivity contribution in [1.29, 1.82) is 0 Å². The number of likely N-dealkylation sites (tertiary alicyclic amines) is 1. The molecule has 1 aliphatic heterocycles. The molecule has 6 heteroatoms. The fraction of sp³-hybridized carbons (Fsp3) is 0.733. The summed E-state index contributed by atoms with van der Waals surface area (Å²) in [7, 11) is 1.69. The molecule has 0 aromatic carbocycles. The topological polar surface area (TPSA) is 59.4 Å². The molecule has 0 radical (unpaired) electrons. The highest BCUT2D eigenvalue weighted by molar-refractivity contribution is 5.74. The number of hydrogen-bond donors (Lipinski definition) is 1. The second-order valence-electron chi connectivity index (χ2n) is 6.05. The summed E-state index contributed by atoms with van der Waals surface area (Å²) < 4.78 is 7.22. The van der Waals surface area contributed by atoms with Crippen LogP contribution in [0.5, 0.6) is 0 Å². The Labute approximate surface area is 125 Å². The lowest BCUT2D eigenvalue weighted by molar-refractivity contribution is 0.138. The zero-order valence-electron chi connectivity index (χ0n) is 12.6. The van der Waals surface area contributed by atoms with E-state index in [2.05, 4.69) is 10.4 Å². The Hall–Kier alpha value is -1.56. The molecule has 1 unspecified atom stereocenters. The Balaban J connectivity index is 1.48. The number of nitrogens with zero attached hydrogens (tertiary/aromatic N) is 3. The van der Waals surface area contributed by atoms with Crippen molar-refractivity contribution in [3.8, 4) is 0 Å². The van der Waals surface area contributed by atoms with Crippen LogP contribution in [0.3, 0.4) is 0 Å². The van der Waals surface area contributed by atoms with Crippen molar-refractivity contribution >= 4 is 6.03 Å². The molecule has 21 heavy (non-hydrogen) atoms. The van der Waals surface area contributed by atoms with E-state index in [-0.39, 0.29) is 12.1 Å². The molecule has 2 aliphatic rings. The molecular weight excluding hydrogens is 268 g/mol. The van der Waals surface area contributed by atoms with Gasteiger partial charge in [-0.1, -0.05) is 0 Å². The van der Waals surface area contributed by atoms with Gasteiger partial charge in [0.05, 0.1) is 18.7 Å². The van der Waals surface area contributed by atoms with E-state index in [1.54, 1.807) is 7.11 Å². The van der Waals surface area contributed by atoms with Gasteiger partial charge in [0.25, 0.3) is 0 Å². The second-order valence-corrected chi connectivity index (χ2v) is 6.05. The largest absolute Gasteiger partial charge is 0.383 e. The summed E-state index contributed by atoms with van der Waals surface area (Å²) >= 11 is 0. The van der Waals surface area contributed by atoms with Gasteiger partial charge in [0.2, 0.25) is 0 Å². The Morgan fingerprint density at radius 1 is 1.38 bits per heavy atom. The van der Waals surface area contributed by atoms with Crippen molar-refractivity contribution in [2.45, 2.75) is 37.8 Å². The van der Waals surface area contributed by atoms with Crippen LogP contribution in [-0.4, -0.2) is 53.6 Å². The van der Waals surface area contributed by atoms with Crippen molar-refractivity contribution < 1.29 is 9.53 Å². The van der Waals surface area contributed by atoms with Crippen LogP contribution in [0.4, 0.5) is 4.79 Å². The number of urea groups is 1. The quantitative estimate of drug-likeness (QED) is 0.898. The van der Waals surface area contributed by atoms with E-state index in [1.165, 1.54) is 12.8 Å². The summed E-state index contributed by atoms with van der Waals surface area (Å²) in [6.07, 6.45) is 8.15. The van der Waals surface area contributed by atoms with E-state index in [4.69, 9.17) is 4.74 Å². The lowest BCUT2D eigenvalue weighted by atomic mass is 10.1. The van der Waals surface area contributed by atoms with Gasteiger partial charge in [0, 0.05) is 32.6 Å². The molecule has 1 saturated carbocycles. The maximum absolute atomic E-state index is 12.3. The summed E-state index contributed by atoms with van der Waals surface area (Å²) in [4.78, 5) is 14.3. The first kappa shape index (κ1) is 14.4. The van der Waals surface area contributed by atoms with Crippen molar-refractivity contribution in [1.82, 2.24) is 20.0 Å². The first-order valence-corrected chi connectivity index (χ1v) is 7.81. The molecule has 0 spiro atoms. The van der Waals surface area contributed by atoms with Gasteiger partial charge in [-0.05, 0) is 37.7 Å². The number of carbonyl (C=O) groups is 1. The van der Waals surface area contributed by atoms with Crippen LogP contribution in [0.25, 0.3) is 0 Å². The van der Waals surface area contributed by atoms with Crippen LogP contribution in [0, 0.1) is 5.92 Å². The van der Waals surface area contributed by atoms with Gasteiger partial charge in [0.15, 0.2) is 0 Å². The molecule has 1 aromatic rings. The van der Waals surface area contributed by atoms with Gasteiger partial charge in [-0.25, -0.2) is 4.79 Å². The Morgan fingerprint density at radius 3 is 2.71 bits per heavy atom. The van der Waals surface area contributed by atoms with E-state index in [1.807, 2.05) is 28.0 Å². The van der Waals surface area contributed by atoms with E-state index in [0.717, 1.165) is 25.9 Å². The number of aromatic nitrogens is 2. The minimum atomic E-state index is 0.0582. The second kappa shape index (κ2) is 6.47. The van der Waals surface area contributed by atoms with Gasteiger partial charge in [0.1, 0.15) is 0 Å². The molecule has 1 N–H and O–H groups in total. The number of carbonyl (C=O) groups excluding carboxylic acids is 1. The number of rotatable bonds is 5. The maximum Gasteiger partial charge on any atom is 0.317 e. The smallest absolute Gasteiger partial charge is 0.317 e. The molecule has 3 rings (SSSR count). The van der Waals surface area contributed by atoms with Crippen LogP contribution in [0.15, 0.2) is 18.5 Å². The molecule has 2 heterocycles. The van der Waals surface area contributed by atoms with E-state index >= 15 is 0 Å². The number of amides is 2. The van der Waals surface area contributed by atoms with Gasteiger partial charge < -0.3 is 15.0 Å². The van der Waals surface area contributed by atoms with Crippen LogP contribution in [0.1, 0.15) is 31.7 Å². The fourth-order valence-corrected chi connectivity index (χ4v) is 3.05. The molecule has 6 nitrogen and oxygen atoms in total. The van der Waals surface area contributed by atoms with Gasteiger partial charge in [-0.3, -0.25) is 4.68 Å².